The zero-order valence-electron chi connectivity index (χ0n) is 11.5. The molecule has 0 saturated carbocycles. The Morgan fingerprint density at radius 1 is 1.24 bits per heavy atom. The maximum absolute atomic E-state index is 10.0. The molecule has 4 heteroatoms. The summed E-state index contributed by atoms with van der Waals surface area (Å²) in [6, 6.07) is 15.2. The van der Waals surface area contributed by atoms with E-state index in [0.717, 1.165) is 16.6 Å². The van der Waals surface area contributed by atoms with Crippen molar-refractivity contribution in [2.24, 2.45) is 0 Å². The average molecular weight is 275 g/mol. The summed E-state index contributed by atoms with van der Waals surface area (Å²) in [6.07, 6.45) is 1.64. The van der Waals surface area contributed by atoms with Gasteiger partial charge in [0.1, 0.15) is 17.6 Å². The number of nitrogens with zero attached hydrogens (tertiary/aromatic N) is 2. The number of aromatic amines is 1. The molecule has 0 amide bonds. The molecule has 0 saturated heterocycles. The second-order valence-corrected chi connectivity index (χ2v) is 4.79. The smallest absolute Gasteiger partial charge is 0.149 e. The summed E-state index contributed by atoms with van der Waals surface area (Å²) in [5.41, 5.74) is 3.44. The summed E-state index contributed by atoms with van der Waals surface area (Å²) < 4.78 is 0. The maximum atomic E-state index is 10.0. The molecule has 3 rings (SSSR count). The van der Waals surface area contributed by atoms with Gasteiger partial charge in [0.2, 0.25) is 0 Å². The minimum Gasteiger partial charge on any atom is -0.507 e. The Balaban J connectivity index is 2.11. The second kappa shape index (κ2) is 5.14. The van der Waals surface area contributed by atoms with Crippen molar-refractivity contribution in [1.82, 2.24) is 9.97 Å². The van der Waals surface area contributed by atoms with Gasteiger partial charge < -0.3 is 10.1 Å². The number of H-pyrrole nitrogens is 1. The van der Waals surface area contributed by atoms with Gasteiger partial charge in [-0.2, -0.15) is 5.26 Å². The number of hydrogen-bond donors (Lipinski definition) is 2. The first-order chi connectivity index (χ1) is 10.2. The third kappa shape index (κ3) is 2.37. The van der Waals surface area contributed by atoms with Crippen molar-refractivity contribution < 1.29 is 5.11 Å². The van der Waals surface area contributed by atoms with Crippen LogP contribution < -0.4 is 0 Å². The number of hydrogen-bond acceptors (Lipinski definition) is 3. The normalized spacial score (nSPS) is 11.5. The molecule has 0 aliphatic carbocycles. The van der Waals surface area contributed by atoms with E-state index in [1.807, 2.05) is 43.3 Å². The number of phenolic OH excluding ortho intramolecular Hbond substituents is 1. The number of aromatic hydroxyl groups is 1. The van der Waals surface area contributed by atoms with Crippen LogP contribution in [0.15, 0.2) is 42.5 Å². The molecule has 0 unspecified atom stereocenters. The van der Waals surface area contributed by atoms with E-state index in [0.29, 0.717) is 17.0 Å². The second-order valence-electron chi connectivity index (χ2n) is 4.79. The molecular formula is C17H13N3O. The predicted octanol–water partition coefficient (Wildman–Crippen LogP) is 3.64. The topological polar surface area (TPSA) is 72.7 Å². The molecular weight excluding hydrogens is 262 g/mol. The molecule has 4 nitrogen and oxygen atoms in total. The summed E-state index contributed by atoms with van der Waals surface area (Å²) in [4.78, 5) is 7.52. The van der Waals surface area contributed by atoms with Crippen LogP contribution in [0.25, 0.3) is 22.7 Å². The monoisotopic (exact) mass is 275 g/mol. The van der Waals surface area contributed by atoms with Crippen molar-refractivity contribution in [1.29, 1.82) is 5.26 Å². The highest BCUT2D eigenvalue weighted by Crippen LogP contribution is 2.26. The Hall–Kier alpha value is -3.06. The third-order valence-corrected chi connectivity index (χ3v) is 3.33. The highest BCUT2D eigenvalue weighted by molar-refractivity contribution is 5.91. The number of para-hydroxylation sites is 3. The van der Waals surface area contributed by atoms with Gasteiger partial charge in [-0.1, -0.05) is 30.3 Å². The van der Waals surface area contributed by atoms with Gasteiger partial charge in [0.05, 0.1) is 16.6 Å². The zero-order chi connectivity index (χ0) is 14.8. The van der Waals surface area contributed by atoms with Crippen LogP contribution in [0.4, 0.5) is 0 Å². The fourth-order valence-electron chi connectivity index (χ4n) is 2.19. The number of aromatic nitrogens is 2. The first-order valence-corrected chi connectivity index (χ1v) is 6.54. The molecule has 21 heavy (non-hydrogen) atoms. The molecule has 0 bridgehead atoms. The van der Waals surface area contributed by atoms with Crippen LogP contribution >= 0.6 is 0 Å². The summed E-state index contributed by atoms with van der Waals surface area (Å²) in [5.74, 6) is 0.681. The summed E-state index contributed by atoms with van der Waals surface area (Å²) in [7, 11) is 0. The van der Waals surface area contributed by atoms with Gasteiger partial charge in [-0.05, 0) is 30.7 Å². The maximum Gasteiger partial charge on any atom is 0.149 e. The van der Waals surface area contributed by atoms with E-state index in [4.69, 9.17) is 0 Å². The highest BCUT2D eigenvalue weighted by atomic mass is 16.3. The van der Waals surface area contributed by atoms with Crippen molar-refractivity contribution >= 4 is 22.7 Å². The van der Waals surface area contributed by atoms with Gasteiger partial charge >= 0.3 is 0 Å². The zero-order valence-corrected chi connectivity index (χ0v) is 11.5. The molecule has 0 aliphatic heterocycles. The van der Waals surface area contributed by atoms with Crippen LogP contribution in [0.1, 0.15) is 17.0 Å². The summed E-state index contributed by atoms with van der Waals surface area (Å²) >= 11 is 0. The average Bonchev–Trinajstić information content (AvgIpc) is 2.92. The minimum atomic E-state index is 0.182. The fourth-order valence-corrected chi connectivity index (χ4v) is 2.19. The number of benzene rings is 2. The predicted molar refractivity (Wildman–Crippen MR) is 82.4 cm³/mol. The fraction of sp³-hybridized carbons (Fsp3) is 0.0588. The molecule has 0 radical (unpaired) electrons. The molecule has 1 aromatic heterocycles. The Morgan fingerprint density at radius 2 is 2.05 bits per heavy atom. The lowest BCUT2D eigenvalue weighted by Crippen LogP contribution is -1.86. The summed E-state index contributed by atoms with van der Waals surface area (Å²) in [6.45, 7) is 1.82. The molecule has 2 N–H and O–H groups in total. The van der Waals surface area contributed by atoms with Crippen LogP contribution in [0.2, 0.25) is 0 Å². The van der Waals surface area contributed by atoms with E-state index in [2.05, 4.69) is 16.0 Å². The summed E-state index contributed by atoms with van der Waals surface area (Å²) in [5, 5.41) is 19.4. The number of imidazole rings is 1. The Kier molecular flexibility index (Phi) is 3.17. The Morgan fingerprint density at radius 3 is 2.81 bits per heavy atom. The first-order valence-electron chi connectivity index (χ1n) is 6.54. The SMILES string of the molecule is Cc1cccc(C=C(C#N)c2nc3ccccc3[nH]2)c1O. The lowest BCUT2D eigenvalue weighted by Gasteiger charge is -2.02. The molecule has 2 aromatic carbocycles. The molecule has 3 aromatic rings. The van der Waals surface area contributed by atoms with E-state index < -0.39 is 0 Å². The highest BCUT2D eigenvalue weighted by Gasteiger charge is 2.09. The largest absolute Gasteiger partial charge is 0.507 e. The lowest BCUT2D eigenvalue weighted by molar-refractivity contribution is 0.470. The Bertz CT molecular complexity index is 851. The number of aryl methyl sites for hydroxylation is 1. The van der Waals surface area contributed by atoms with E-state index in [9.17, 15) is 10.4 Å². The van der Waals surface area contributed by atoms with Gasteiger partial charge in [-0.3, -0.25) is 0 Å². The van der Waals surface area contributed by atoms with Gasteiger partial charge in [-0.15, -0.1) is 0 Å². The van der Waals surface area contributed by atoms with Crippen LogP contribution in [-0.4, -0.2) is 15.1 Å². The first kappa shape index (κ1) is 12.9. The molecule has 0 atom stereocenters. The van der Waals surface area contributed by atoms with Crippen molar-refractivity contribution in [3.05, 3.63) is 59.4 Å². The number of nitrogens with one attached hydrogen (secondary N) is 1. The number of phenols is 1. The van der Waals surface area contributed by atoms with E-state index in [1.54, 1.807) is 12.1 Å². The molecule has 1 heterocycles. The van der Waals surface area contributed by atoms with Gasteiger partial charge in [0.25, 0.3) is 0 Å². The quantitative estimate of drug-likeness (QED) is 0.701. The van der Waals surface area contributed by atoms with Crippen LogP contribution in [0.5, 0.6) is 5.75 Å². The van der Waals surface area contributed by atoms with E-state index >= 15 is 0 Å². The molecule has 102 valence electrons. The van der Waals surface area contributed by atoms with Crippen molar-refractivity contribution in [3.63, 3.8) is 0 Å². The lowest BCUT2D eigenvalue weighted by atomic mass is 10.1. The number of rotatable bonds is 2. The van der Waals surface area contributed by atoms with Crippen LogP contribution in [0, 0.1) is 18.3 Å². The van der Waals surface area contributed by atoms with Gasteiger partial charge in [0.15, 0.2) is 0 Å². The van der Waals surface area contributed by atoms with Crippen LogP contribution in [0.3, 0.4) is 0 Å². The van der Waals surface area contributed by atoms with Crippen molar-refractivity contribution in [2.45, 2.75) is 6.92 Å². The van der Waals surface area contributed by atoms with E-state index in [1.165, 1.54) is 0 Å². The van der Waals surface area contributed by atoms with Crippen molar-refractivity contribution in [3.8, 4) is 11.8 Å². The standard InChI is InChI=1S/C17H13N3O/c1-11-5-4-6-12(16(11)21)9-13(10-18)17-19-14-7-2-3-8-15(14)20-17/h2-9,21H,1H3,(H,19,20). The number of nitriles is 1. The third-order valence-electron chi connectivity index (χ3n) is 3.33. The van der Waals surface area contributed by atoms with Crippen molar-refractivity contribution in [2.75, 3.05) is 0 Å². The van der Waals surface area contributed by atoms with E-state index in [-0.39, 0.29) is 5.75 Å². The minimum absolute atomic E-state index is 0.182. The Labute approximate surface area is 122 Å². The molecule has 0 spiro atoms. The number of allylic oxidation sites excluding steroid dienone is 1. The van der Waals surface area contributed by atoms with Gasteiger partial charge in [0, 0.05) is 5.56 Å². The van der Waals surface area contributed by atoms with Crippen LogP contribution in [-0.2, 0) is 0 Å². The molecule has 0 aliphatic rings. The molecule has 0 fully saturated rings. The number of fused-ring (bicyclic) bond motifs is 1. The van der Waals surface area contributed by atoms with Gasteiger partial charge in [-0.25, -0.2) is 4.98 Å².